The van der Waals surface area contributed by atoms with Crippen LogP contribution in [0.4, 0.5) is 11.4 Å². The zero-order valence-electron chi connectivity index (χ0n) is 29.2. The molecular formula is C38H36BrN7O7. The van der Waals surface area contributed by atoms with Crippen LogP contribution in [0.15, 0.2) is 82.2 Å². The monoisotopic (exact) mass is 781 g/mol. The Kier molecular flexibility index (Phi) is 9.70. The maximum absolute atomic E-state index is 13.5. The Hall–Kier alpha value is -5.67. The van der Waals surface area contributed by atoms with Gasteiger partial charge in [0.2, 0.25) is 11.8 Å². The molecule has 2 fully saturated rings. The Morgan fingerprint density at radius 1 is 0.962 bits per heavy atom. The molecule has 5 amide bonds. The Labute approximate surface area is 312 Å². The minimum atomic E-state index is -1.08. The van der Waals surface area contributed by atoms with Gasteiger partial charge in [0.25, 0.3) is 23.3 Å². The first kappa shape index (κ1) is 35.7. The minimum absolute atomic E-state index is 0.0243. The predicted octanol–water partition coefficient (Wildman–Crippen LogP) is 3.91. The van der Waals surface area contributed by atoms with Gasteiger partial charge in [0, 0.05) is 50.9 Å². The molecule has 7 rings (SSSR count). The van der Waals surface area contributed by atoms with E-state index in [-0.39, 0.29) is 53.1 Å². The second kappa shape index (κ2) is 14.4. The number of hydrogen-bond donors (Lipinski definition) is 2. The summed E-state index contributed by atoms with van der Waals surface area (Å²) in [5.74, 6) is -1.89. The van der Waals surface area contributed by atoms with Gasteiger partial charge in [-0.25, -0.2) is 4.68 Å². The number of likely N-dealkylation sites (N-methyl/N-ethyl adjacent to an activating group) is 1. The van der Waals surface area contributed by atoms with Crippen molar-refractivity contribution in [3.63, 3.8) is 0 Å². The summed E-state index contributed by atoms with van der Waals surface area (Å²) < 4.78 is 7.78. The first-order valence-corrected chi connectivity index (χ1v) is 17.9. The van der Waals surface area contributed by atoms with Crippen molar-refractivity contribution in [3.8, 4) is 11.5 Å². The van der Waals surface area contributed by atoms with Crippen LogP contribution in [0.25, 0.3) is 0 Å². The Bertz CT molecular complexity index is 2210. The SMILES string of the molecule is CN1C[C@@H](Nc2cnn(C)c(=O)c2Br)C[C@@H](c2ccc(C(=O)N(C)c3ccc(Oc4cccc5c4C(=O)N(C4CCC(=O)NC4=O)C5=O)cc3)cc2)C1. The van der Waals surface area contributed by atoms with Gasteiger partial charge in [-0.2, -0.15) is 5.10 Å². The number of imide groups is 2. The van der Waals surface area contributed by atoms with Crippen molar-refractivity contribution in [1.82, 2.24) is 24.9 Å². The lowest BCUT2D eigenvalue weighted by atomic mass is 9.87. The molecule has 0 aliphatic carbocycles. The number of rotatable bonds is 8. The zero-order chi connectivity index (χ0) is 37.6. The molecule has 14 nitrogen and oxygen atoms in total. The van der Waals surface area contributed by atoms with E-state index in [1.807, 2.05) is 24.3 Å². The molecule has 4 aromatic rings. The number of fused-ring (bicyclic) bond motifs is 1. The van der Waals surface area contributed by atoms with Crippen molar-refractivity contribution < 1.29 is 28.7 Å². The van der Waals surface area contributed by atoms with Crippen LogP contribution in [-0.4, -0.2) is 88.4 Å². The molecule has 0 bridgehead atoms. The number of benzene rings is 3. The van der Waals surface area contributed by atoms with Crippen molar-refractivity contribution in [1.29, 1.82) is 0 Å². The van der Waals surface area contributed by atoms with Crippen LogP contribution in [0, 0.1) is 0 Å². The number of aromatic nitrogens is 2. The Balaban J connectivity index is 0.999. The average molecular weight is 783 g/mol. The van der Waals surface area contributed by atoms with Crippen molar-refractivity contribution in [2.45, 2.75) is 37.3 Å². The number of aryl methyl sites for hydroxylation is 1. The molecule has 3 aromatic carbocycles. The van der Waals surface area contributed by atoms with Crippen LogP contribution in [0.5, 0.6) is 11.5 Å². The fourth-order valence-electron chi connectivity index (χ4n) is 7.14. The van der Waals surface area contributed by atoms with Crippen LogP contribution in [0.1, 0.15) is 61.8 Å². The van der Waals surface area contributed by atoms with Crippen molar-refractivity contribution in [2.75, 3.05) is 37.4 Å². The molecule has 272 valence electrons. The summed E-state index contributed by atoms with van der Waals surface area (Å²) in [6.07, 6.45) is 2.56. The number of hydrogen-bond acceptors (Lipinski definition) is 10. The number of halogens is 1. The third-order valence-corrected chi connectivity index (χ3v) is 10.7. The summed E-state index contributed by atoms with van der Waals surface area (Å²) in [5.41, 5.74) is 2.85. The van der Waals surface area contributed by atoms with Gasteiger partial charge in [-0.1, -0.05) is 18.2 Å². The molecule has 2 saturated heterocycles. The number of likely N-dealkylation sites (tertiary alicyclic amines) is 1. The predicted molar refractivity (Wildman–Crippen MR) is 198 cm³/mol. The van der Waals surface area contributed by atoms with Crippen molar-refractivity contribution in [3.05, 3.63) is 110 Å². The van der Waals surface area contributed by atoms with E-state index in [1.165, 1.54) is 15.6 Å². The lowest BCUT2D eigenvalue weighted by molar-refractivity contribution is -0.136. The number of piperidine rings is 2. The largest absolute Gasteiger partial charge is 0.457 e. The summed E-state index contributed by atoms with van der Waals surface area (Å²) in [6, 6.07) is 18.0. The number of nitrogens with one attached hydrogen (secondary N) is 2. The van der Waals surface area contributed by atoms with Gasteiger partial charge in [0.1, 0.15) is 22.0 Å². The summed E-state index contributed by atoms with van der Waals surface area (Å²) in [5, 5.41) is 9.80. The molecule has 0 spiro atoms. The smallest absolute Gasteiger partial charge is 0.282 e. The number of amides is 5. The highest BCUT2D eigenvalue weighted by molar-refractivity contribution is 9.10. The highest BCUT2D eigenvalue weighted by atomic mass is 79.9. The van der Waals surface area contributed by atoms with Crippen LogP contribution < -0.4 is 25.8 Å². The van der Waals surface area contributed by atoms with Gasteiger partial charge in [-0.3, -0.25) is 39.0 Å². The van der Waals surface area contributed by atoms with Crippen molar-refractivity contribution in [2.24, 2.45) is 7.05 Å². The van der Waals surface area contributed by atoms with E-state index < -0.39 is 29.7 Å². The number of carbonyl (C=O) groups is 5. The molecule has 3 aliphatic rings. The number of carbonyl (C=O) groups excluding carboxylic acids is 5. The van der Waals surface area contributed by atoms with Gasteiger partial charge < -0.3 is 19.9 Å². The molecular weight excluding hydrogens is 746 g/mol. The molecule has 15 heteroatoms. The van der Waals surface area contributed by atoms with E-state index in [0.29, 0.717) is 27.2 Å². The number of nitrogens with zero attached hydrogens (tertiary/aromatic N) is 5. The molecule has 2 N–H and O–H groups in total. The maximum atomic E-state index is 13.5. The normalized spacial score (nSPS) is 20.2. The fourth-order valence-corrected chi connectivity index (χ4v) is 7.61. The highest BCUT2D eigenvalue weighted by Crippen LogP contribution is 2.36. The summed E-state index contributed by atoms with van der Waals surface area (Å²) in [7, 11) is 5.35. The Morgan fingerprint density at radius 2 is 1.70 bits per heavy atom. The molecule has 0 radical (unpaired) electrons. The standard InChI is InChI=1S/C38H36BrN7O7/c1-43-19-23(17-24(20-43)41-28-18-40-45(3)38(52)33(28)39)21-7-9-22(10-8-21)35(49)44(2)25-11-13-26(14-12-25)53-30-6-4-5-27-32(30)37(51)46(36(27)50)29-15-16-31(47)42-34(29)48/h4-14,18,23-24,29,41H,15-17,19-20H2,1-3H3,(H,42,47,48)/t23-,24+,29?/m1/s1. The first-order chi connectivity index (χ1) is 25.4. The highest BCUT2D eigenvalue weighted by Gasteiger charge is 2.46. The lowest BCUT2D eigenvalue weighted by Crippen LogP contribution is -2.54. The second-order valence-corrected chi connectivity index (χ2v) is 14.3. The van der Waals surface area contributed by atoms with E-state index >= 15 is 0 Å². The topological polar surface area (TPSA) is 163 Å². The van der Waals surface area contributed by atoms with Crippen LogP contribution in [0.2, 0.25) is 0 Å². The summed E-state index contributed by atoms with van der Waals surface area (Å²) >= 11 is 3.40. The molecule has 53 heavy (non-hydrogen) atoms. The van der Waals surface area contributed by atoms with Gasteiger partial charge in [0.05, 0.1) is 23.0 Å². The summed E-state index contributed by atoms with van der Waals surface area (Å²) in [6.45, 7) is 1.65. The van der Waals surface area contributed by atoms with E-state index in [1.54, 1.807) is 56.7 Å². The molecule has 1 unspecified atom stereocenters. The van der Waals surface area contributed by atoms with E-state index in [2.05, 4.69) is 43.6 Å². The average Bonchev–Trinajstić information content (AvgIpc) is 3.40. The van der Waals surface area contributed by atoms with Crippen LogP contribution >= 0.6 is 15.9 Å². The molecule has 1 aromatic heterocycles. The molecule has 3 atom stereocenters. The molecule has 4 heterocycles. The van der Waals surface area contributed by atoms with Gasteiger partial charge in [-0.15, -0.1) is 0 Å². The number of anilines is 2. The van der Waals surface area contributed by atoms with E-state index in [0.717, 1.165) is 30.0 Å². The van der Waals surface area contributed by atoms with E-state index in [9.17, 15) is 28.8 Å². The van der Waals surface area contributed by atoms with Crippen LogP contribution in [-0.2, 0) is 16.6 Å². The maximum Gasteiger partial charge on any atom is 0.282 e. The third kappa shape index (κ3) is 6.97. The van der Waals surface area contributed by atoms with Gasteiger partial charge in [-0.05, 0) is 95.8 Å². The van der Waals surface area contributed by atoms with Gasteiger partial charge >= 0.3 is 0 Å². The van der Waals surface area contributed by atoms with Crippen molar-refractivity contribution >= 4 is 56.8 Å². The zero-order valence-corrected chi connectivity index (χ0v) is 30.8. The Morgan fingerprint density at radius 3 is 2.42 bits per heavy atom. The van der Waals surface area contributed by atoms with Crippen LogP contribution in [0.3, 0.4) is 0 Å². The van der Waals surface area contributed by atoms with E-state index in [4.69, 9.17) is 4.74 Å². The third-order valence-electron chi connectivity index (χ3n) is 9.89. The minimum Gasteiger partial charge on any atom is -0.457 e. The fraction of sp³-hybridized carbons (Fsp3) is 0.289. The lowest BCUT2D eigenvalue weighted by Gasteiger charge is -2.37. The van der Waals surface area contributed by atoms with Gasteiger partial charge in [0.15, 0.2) is 0 Å². The molecule has 3 aliphatic heterocycles. The number of ether oxygens (including phenoxy) is 1. The quantitative estimate of drug-likeness (QED) is 0.251. The summed E-state index contributed by atoms with van der Waals surface area (Å²) in [4.78, 5) is 81.2. The first-order valence-electron chi connectivity index (χ1n) is 17.1. The second-order valence-electron chi connectivity index (χ2n) is 13.5. The molecule has 0 saturated carbocycles.